The van der Waals surface area contributed by atoms with Crippen molar-refractivity contribution in [2.24, 2.45) is 0 Å². The smallest absolute Gasteiger partial charge is 0.408 e. The van der Waals surface area contributed by atoms with Gasteiger partial charge in [0.1, 0.15) is 23.8 Å². The molecule has 9 nitrogen and oxygen atoms in total. The van der Waals surface area contributed by atoms with Crippen LogP contribution in [0.5, 0.6) is 0 Å². The van der Waals surface area contributed by atoms with E-state index in [1.807, 2.05) is 48.5 Å². The lowest BCUT2D eigenvalue weighted by atomic mass is 9.69. The van der Waals surface area contributed by atoms with Gasteiger partial charge in [0.25, 0.3) is 0 Å². The van der Waals surface area contributed by atoms with Gasteiger partial charge in [-0.2, -0.15) is 0 Å². The number of methoxy groups -OCH3 is 1. The van der Waals surface area contributed by atoms with Crippen LogP contribution < -0.4 is 10.6 Å². The van der Waals surface area contributed by atoms with Crippen molar-refractivity contribution >= 4 is 23.9 Å². The quantitative estimate of drug-likeness (QED) is 0.359. The lowest BCUT2D eigenvalue weighted by Crippen LogP contribution is -2.63. The Balaban J connectivity index is 1.85. The SMILES string of the molecule is COC(=O)[C@]1(NC(=O)[C@H](CC(=O)OC(C)(C)C)NC(=O)OCc2ccccc2)CCCC[C@@H]1c1ccccc1. The summed E-state index contributed by atoms with van der Waals surface area (Å²) in [6.45, 7) is 5.11. The molecule has 1 aliphatic carbocycles. The minimum Gasteiger partial charge on any atom is -0.467 e. The Kier molecular flexibility index (Phi) is 10.1. The van der Waals surface area contributed by atoms with Crippen LogP contribution in [-0.4, -0.2) is 48.2 Å². The number of esters is 2. The molecule has 0 radical (unpaired) electrons. The zero-order chi connectivity index (χ0) is 28.5. The molecule has 9 heteroatoms. The number of hydrogen-bond donors (Lipinski definition) is 2. The Hall–Kier alpha value is -3.88. The largest absolute Gasteiger partial charge is 0.467 e. The van der Waals surface area contributed by atoms with Crippen molar-refractivity contribution in [2.75, 3.05) is 7.11 Å². The topological polar surface area (TPSA) is 120 Å². The van der Waals surface area contributed by atoms with Crippen LogP contribution in [-0.2, 0) is 35.2 Å². The van der Waals surface area contributed by atoms with Gasteiger partial charge in [-0.1, -0.05) is 73.5 Å². The maximum atomic E-state index is 13.7. The number of hydrogen-bond acceptors (Lipinski definition) is 7. The minimum absolute atomic E-state index is 0.0182. The summed E-state index contributed by atoms with van der Waals surface area (Å²) < 4.78 is 15.9. The molecule has 210 valence electrons. The predicted molar refractivity (Wildman–Crippen MR) is 145 cm³/mol. The summed E-state index contributed by atoms with van der Waals surface area (Å²) in [5.74, 6) is -2.31. The first-order chi connectivity index (χ1) is 18.5. The van der Waals surface area contributed by atoms with Crippen LogP contribution in [0.15, 0.2) is 60.7 Å². The maximum absolute atomic E-state index is 13.7. The van der Waals surface area contributed by atoms with E-state index in [0.29, 0.717) is 19.3 Å². The molecule has 0 spiro atoms. The Labute approximate surface area is 229 Å². The molecule has 1 aliphatic rings. The Morgan fingerprint density at radius 2 is 1.62 bits per heavy atom. The molecule has 0 aromatic heterocycles. The molecule has 0 unspecified atom stereocenters. The number of carbonyl (C=O) groups excluding carboxylic acids is 4. The van der Waals surface area contributed by atoms with E-state index in [2.05, 4.69) is 10.6 Å². The first-order valence-electron chi connectivity index (χ1n) is 13.2. The molecule has 2 aromatic carbocycles. The van der Waals surface area contributed by atoms with Gasteiger partial charge in [0.15, 0.2) is 0 Å². The van der Waals surface area contributed by atoms with E-state index in [0.717, 1.165) is 17.5 Å². The Bertz CT molecular complexity index is 1130. The van der Waals surface area contributed by atoms with Crippen LogP contribution in [0.25, 0.3) is 0 Å². The van der Waals surface area contributed by atoms with Crippen LogP contribution in [0.1, 0.15) is 69.9 Å². The van der Waals surface area contributed by atoms with Gasteiger partial charge in [-0.3, -0.25) is 9.59 Å². The number of benzene rings is 2. The summed E-state index contributed by atoms with van der Waals surface area (Å²) >= 11 is 0. The van der Waals surface area contributed by atoms with Crippen molar-refractivity contribution in [3.05, 3.63) is 71.8 Å². The number of amides is 2. The second kappa shape index (κ2) is 13.3. The van der Waals surface area contributed by atoms with Crippen LogP contribution in [0.4, 0.5) is 4.79 Å². The molecule has 39 heavy (non-hydrogen) atoms. The van der Waals surface area contributed by atoms with E-state index in [9.17, 15) is 19.2 Å². The van der Waals surface area contributed by atoms with Gasteiger partial charge in [-0.05, 0) is 44.7 Å². The maximum Gasteiger partial charge on any atom is 0.408 e. The fraction of sp³-hybridized carbons (Fsp3) is 0.467. The van der Waals surface area contributed by atoms with Gasteiger partial charge in [-0.25, -0.2) is 9.59 Å². The number of alkyl carbamates (subject to hydrolysis) is 1. The third-order valence-corrected chi connectivity index (χ3v) is 6.62. The second-order valence-electron chi connectivity index (χ2n) is 10.7. The van der Waals surface area contributed by atoms with Crippen molar-refractivity contribution < 1.29 is 33.4 Å². The number of nitrogens with one attached hydrogen (secondary N) is 2. The van der Waals surface area contributed by atoms with Crippen LogP contribution in [0.3, 0.4) is 0 Å². The Morgan fingerprint density at radius 1 is 0.974 bits per heavy atom. The van der Waals surface area contributed by atoms with Crippen molar-refractivity contribution in [1.29, 1.82) is 0 Å². The molecule has 2 N–H and O–H groups in total. The third-order valence-electron chi connectivity index (χ3n) is 6.62. The summed E-state index contributed by atoms with van der Waals surface area (Å²) in [4.78, 5) is 52.4. The lowest BCUT2D eigenvalue weighted by Gasteiger charge is -2.43. The predicted octanol–water partition coefficient (Wildman–Crippen LogP) is 4.40. The summed E-state index contributed by atoms with van der Waals surface area (Å²) in [5.41, 5.74) is -0.506. The van der Waals surface area contributed by atoms with E-state index in [1.165, 1.54) is 7.11 Å². The number of carbonyl (C=O) groups is 4. The highest BCUT2D eigenvalue weighted by Crippen LogP contribution is 2.42. The Morgan fingerprint density at radius 3 is 2.23 bits per heavy atom. The van der Waals surface area contributed by atoms with Crippen molar-refractivity contribution in [3.8, 4) is 0 Å². The van der Waals surface area contributed by atoms with E-state index in [4.69, 9.17) is 14.2 Å². The van der Waals surface area contributed by atoms with E-state index in [1.54, 1.807) is 32.9 Å². The summed E-state index contributed by atoms with van der Waals surface area (Å²) in [6, 6.07) is 17.2. The molecule has 0 bridgehead atoms. The van der Waals surface area contributed by atoms with Gasteiger partial charge >= 0.3 is 18.0 Å². The molecule has 0 saturated heterocycles. The summed E-state index contributed by atoms with van der Waals surface area (Å²) in [7, 11) is 1.28. The van der Waals surface area contributed by atoms with Crippen LogP contribution >= 0.6 is 0 Å². The molecular weight excluding hydrogens is 500 g/mol. The lowest BCUT2D eigenvalue weighted by molar-refractivity contribution is -0.157. The monoisotopic (exact) mass is 538 g/mol. The van der Waals surface area contributed by atoms with E-state index in [-0.39, 0.29) is 12.5 Å². The van der Waals surface area contributed by atoms with Gasteiger partial charge in [0.05, 0.1) is 13.5 Å². The van der Waals surface area contributed by atoms with Gasteiger partial charge in [0.2, 0.25) is 5.91 Å². The molecule has 3 rings (SSSR count). The molecule has 2 amide bonds. The molecule has 1 fully saturated rings. The molecule has 1 saturated carbocycles. The van der Waals surface area contributed by atoms with Crippen LogP contribution in [0.2, 0.25) is 0 Å². The molecule has 2 aromatic rings. The van der Waals surface area contributed by atoms with E-state index >= 15 is 0 Å². The standard InChI is InChI=1S/C30H38N2O7/c1-29(2,3)39-25(33)19-24(31-28(36)38-20-21-13-7-5-8-14-21)26(34)32-30(27(35)37-4)18-12-11-17-23(30)22-15-9-6-10-16-22/h5-10,13-16,23-24H,11-12,17-20H2,1-4H3,(H,31,36)(H,32,34)/t23-,24+,30+/m1/s1. The highest BCUT2D eigenvalue weighted by atomic mass is 16.6. The highest BCUT2D eigenvalue weighted by molar-refractivity contribution is 5.94. The normalized spacial score (nSPS) is 19.7. The highest BCUT2D eigenvalue weighted by Gasteiger charge is 2.50. The van der Waals surface area contributed by atoms with Crippen molar-refractivity contribution in [3.63, 3.8) is 0 Å². The average molecular weight is 539 g/mol. The number of rotatable bonds is 9. The summed E-state index contributed by atoms with van der Waals surface area (Å²) in [5, 5.41) is 5.38. The van der Waals surface area contributed by atoms with Crippen molar-refractivity contribution in [1.82, 2.24) is 10.6 Å². The fourth-order valence-corrected chi connectivity index (χ4v) is 4.91. The summed E-state index contributed by atoms with van der Waals surface area (Å²) in [6.07, 6.45) is 1.25. The molecule has 3 atom stereocenters. The second-order valence-corrected chi connectivity index (χ2v) is 10.7. The molecule has 0 aliphatic heterocycles. The zero-order valence-corrected chi connectivity index (χ0v) is 23.0. The first-order valence-corrected chi connectivity index (χ1v) is 13.2. The average Bonchev–Trinajstić information content (AvgIpc) is 2.91. The van der Waals surface area contributed by atoms with Gasteiger partial charge in [0, 0.05) is 5.92 Å². The van der Waals surface area contributed by atoms with E-state index < -0.39 is 47.5 Å². The van der Waals surface area contributed by atoms with Crippen LogP contribution in [0, 0.1) is 0 Å². The first kappa shape index (κ1) is 29.7. The van der Waals surface area contributed by atoms with Gasteiger partial charge in [-0.15, -0.1) is 0 Å². The zero-order valence-electron chi connectivity index (χ0n) is 23.0. The number of ether oxygens (including phenoxy) is 3. The fourth-order valence-electron chi connectivity index (χ4n) is 4.91. The molecular formula is C30H38N2O7. The third kappa shape index (κ3) is 8.30. The minimum atomic E-state index is -1.37. The molecule has 0 heterocycles. The van der Waals surface area contributed by atoms with Gasteiger partial charge < -0.3 is 24.8 Å². The van der Waals surface area contributed by atoms with Crippen molar-refractivity contribution in [2.45, 2.75) is 82.6 Å².